The molecule has 19 heavy (non-hydrogen) atoms. The Hall–Kier alpha value is -1.38. The predicted octanol–water partition coefficient (Wildman–Crippen LogP) is 1.54. The summed E-state index contributed by atoms with van der Waals surface area (Å²) in [5.41, 5.74) is 7.05. The quantitative estimate of drug-likeness (QED) is 0.782. The van der Waals surface area contributed by atoms with Gasteiger partial charge in [-0.25, -0.2) is 13.1 Å². The first-order valence-corrected chi connectivity index (χ1v) is 7.71. The number of nitrogens with two attached hydrogens (primary N) is 1. The largest absolute Gasteiger partial charge is 0.384 e. The van der Waals surface area contributed by atoms with Crippen molar-refractivity contribution >= 4 is 31.8 Å². The van der Waals surface area contributed by atoms with Crippen molar-refractivity contribution in [3.8, 4) is 0 Å². The fraction of sp³-hybridized carbons (Fsp3) is 0.182. The molecule has 0 saturated carbocycles. The van der Waals surface area contributed by atoms with Gasteiger partial charge in [-0.1, -0.05) is 15.9 Å². The minimum Gasteiger partial charge on any atom is -0.384 e. The van der Waals surface area contributed by atoms with Crippen LogP contribution >= 0.6 is 15.9 Å². The first-order chi connectivity index (χ1) is 8.90. The molecule has 0 unspecified atom stereocenters. The summed E-state index contributed by atoms with van der Waals surface area (Å²) in [7, 11) is -3.56. The number of sulfonamides is 1. The summed E-state index contributed by atoms with van der Waals surface area (Å²) in [4.78, 5) is 0.218. The van der Waals surface area contributed by atoms with Gasteiger partial charge in [-0.15, -0.1) is 0 Å². The molecule has 0 spiro atoms. The Morgan fingerprint density at radius 3 is 2.79 bits per heavy atom. The number of halogens is 1. The lowest BCUT2D eigenvalue weighted by Gasteiger charge is -2.07. The molecular weight excluding hydrogens is 332 g/mol. The summed E-state index contributed by atoms with van der Waals surface area (Å²) in [6.07, 6.45) is 1.49. The second kappa shape index (κ2) is 5.32. The van der Waals surface area contributed by atoms with Crippen LogP contribution in [0.4, 0.5) is 5.82 Å². The second-order valence-corrected chi connectivity index (χ2v) is 6.67. The Kier molecular flexibility index (Phi) is 3.93. The monoisotopic (exact) mass is 344 g/mol. The van der Waals surface area contributed by atoms with E-state index in [1.54, 1.807) is 12.1 Å². The van der Waals surface area contributed by atoms with Gasteiger partial charge in [-0.2, -0.15) is 5.10 Å². The van der Waals surface area contributed by atoms with Gasteiger partial charge in [0.05, 0.1) is 11.1 Å². The highest BCUT2D eigenvalue weighted by Crippen LogP contribution is 2.20. The average molecular weight is 345 g/mol. The number of nitrogen functional groups attached to an aromatic ring is 1. The van der Waals surface area contributed by atoms with Crippen LogP contribution in [0.5, 0.6) is 0 Å². The van der Waals surface area contributed by atoms with Gasteiger partial charge in [-0.3, -0.25) is 5.10 Å². The molecule has 4 N–H and O–H groups in total. The maximum atomic E-state index is 12.1. The lowest BCUT2D eigenvalue weighted by atomic mass is 10.2. The van der Waals surface area contributed by atoms with Gasteiger partial charge in [0, 0.05) is 16.6 Å². The first-order valence-electron chi connectivity index (χ1n) is 5.43. The fourth-order valence-corrected chi connectivity index (χ4v) is 2.84. The van der Waals surface area contributed by atoms with Crippen LogP contribution in [0.25, 0.3) is 0 Å². The van der Waals surface area contributed by atoms with Crippen LogP contribution in [0, 0.1) is 6.92 Å². The minimum absolute atomic E-state index is 0.0970. The molecule has 0 amide bonds. The zero-order valence-electron chi connectivity index (χ0n) is 10.1. The number of rotatable bonds is 4. The number of hydrogen-bond acceptors (Lipinski definition) is 4. The molecule has 6 nitrogen and oxygen atoms in total. The van der Waals surface area contributed by atoms with Crippen LogP contribution in [0.3, 0.4) is 0 Å². The normalized spacial score (nSPS) is 11.7. The van der Waals surface area contributed by atoms with E-state index in [0.29, 0.717) is 11.4 Å². The number of benzene rings is 1. The van der Waals surface area contributed by atoms with Crippen molar-refractivity contribution in [3.63, 3.8) is 0 Å². The van der Waals surface area contributed by atoms with Gasteiger partial charge in [0.2, 0.25) is 10.0 Å². The molecule has 1 aromatic carbocycles. The number of H-pyrrole nitrogens is 1. The SMILES string of the molecule is Cc1cc(S(=O)(=O)NCc2cn[nH]c2N)ccc1Br. The number of nitrogens with zero attached hydrogens (tertiary/aromatic N) is 1. The summed E-state index contributed by atoms with van der Waals surface area (Å²) < 4.78 is 27.6. The summed E-state index contributed by atoms with van der Waals surface area (Å²) in [6.45, 7) is 1.93. The van der Waals surface area contributed by atoms with E-state index in [1.165, 1.54) is 12.3 Å². The van der Waals surface area contributed by atoms with E-state index in [0.717, 1.165) is 10.0 Å². The Balaban J connectivity index is 2.18. The zero-order chi connectivity index (χ0) is 14.0. The Bertz CT molecular complexity index is 696. The number of anilines is 1. The van der Waals surface area contributed by atoms with E-state index in [1.807, 2.05) is 6.92 Å². The maximum absolute atomic E-state index is 12.1. The van der Waals surface area contributed by atoms with Gasteiger partial charge < -0.3 is 5.73 Å². The lowest BCUT2D eigenvalue weighted by Crippen LogP contribution is -2.23. The number of aryl methyl sites for hydroxylation is 1. The molecule has 0 fully saturated rings. The van der Waals surface area contributed by atoms with Crippen LogP contribution in [0.15, 0.2) is 33.8 Å². The Morgan fingerprint density at radius 1 is 1.47 bits per heavy atom. The smallest absolute Gasteiger partial charge is 0.240 e. The molecule has 8 heteroatoms. The zero-order valence-corrected chi connectivity index (χ0v) is 12.5. The van der Waals surface area contributed by atoms with E-state index in [-0.39, 0.29) is 11.4 Å². The number of nitrogens with one attached hydrogen (secondary N) is 2. The molecule has 2 rings (SSSR count). The third-order valence-corrected chi connectivity index (χ3v) is 4.93. The van der Waals surface area contributed by atoms with Crippen LogP contribution in [-0.4, -0.2) is 18.6 Å². The summed E-state index contributed by atoms with van der Waals surface area (Å²) in [6, 6.07) is 4.85. The summed E-state index contributed by atoms with van der Waals surface area (Å²) >= 11 is 3.33. The molecule has 0 aliphatic rings. The van der Waals surface area contributed by atoms with Crippen molar-refractivity contribution in [1.29, 1.82) is 0 Å². The first kappa shape index (κ1) is 14.0. The molecule has 0 atom stereocenters. The van der Waals surface area contributed by atoms with Gasteiger partial charge >= 0.3 is 0 Å². The third-order valence-electron chi connectivity index (χ3n) is 2.64. The van der Waals surface area contributed by atoms with Crippen molar-refractivity contribution in [3.05, 3.63) is 40.0 Å². The highest BCUT2D eigenvalue weighted by molar-refractivity contribution is 9.10. The summed E-state index contributed by atoms with van der Waals surface area (Å²) in [5.74, 6) is 0.356. The molecule has 1 aromatic heterocycles. The van der Waals surface area contributed by atoms with Crippen molar-refractivity contribution in [2.45, 2.75) is 18.4 Å². The van der Waals surface area contributed by atoms with Crippen molar-refractivity contribution in [2.24, 2.45) is 0 Å². The van der Waals surface area contributed by atoms with E-state index < -0.39 is 10.0 Å². The highest BCUT2D eigenvalue weighted by atomic mass is 79.9. The molecule has 0 aliphatic heterocycles. The van der Waals surface area contributed by atoms with Crippen molar-refractivity contribution in [2.75, 3.05) is 5.73 Å². The van der Waals surface area contributed by atoms with Crippen molar-refractivity contribution in [1.82, 2.24) is 14.9 Å². The van der Waals surface area contributed by atoms with Gasteiger partial charge in [-0.05, 0) is 30.7 Å². The van der Waals surface area contributed by atoms with E-state index in [2.05, 4.69) is 30.8 Å². The predicted molar refractivity (Wildman–Crippen MR) is 75.9 cm³/mol. The molecule has 2 aromatic rings. The third kappa shape index (κ3) is 3.14. The Labute approximate surface area is 119 Å². The van der Waals surface area contributed by atoms with Crippen molar-refractivity contribution < 1.29 is 8.42 Å². The van der Waals surface area contributed by atoms with Gasteiger partial charge in [0.15, 0.2) is 0 Å². The van der Waals surface area contributed by atoms with E-state index in [9.17, 15) is 8.42 Å². The molecular formula is C11H13BrN4O2S. The van der Waals surface area contributed by atoms with Gasteiger partial charge in [0.1, 0.15) is 5.82 Å². The lowest BCUT2D eigenvalue weighted by molar-refractivity contribution is 0.581. The maximum Gasteiger partial charge on any atom is 0.240 e. The average Bonchev–Trinajstić information content (AvgIpc) is 2.76. The molecule has 102 valence electrons. The van der Waals surface area contributed by atoms with Crippen LogP contribution < -0.4 is 10.5 Å². The van der Waals surface area contributed by atoms with Crippen LogP contribution in [0.2, 0.25) is 0 Å². The molecule has 0 saturated heterocycles. The Morgan fingerprint density at radius 2 is 2.21 bits per heavy atom. The fourth-order valence-electron chi connectivity index (χ4n) is 1.50. The topological polar surface area (TPSA) is 101 Å². The van der Waals surface area contributed by atoms with Crippen LogP contribution in [-0.2, 0) is 16.6 Å². The molecule has 0 bridgehead atoms. The molecule has 1 heterocycles. The number of hydrogen-bond donors (Lipinski definition) is 3. The summed E-state index contributed by atoms with van der Waals surface area (Å²) in [5, 5.41) is 6.28. The van der Waals surface area contributed by atoms with Gasteiger partial charge in [0.25, 0.3) is 0 Å². The van der Waals surface area contributed by atoms with E-state index in [4.69, 9.17) is 5.73 Å². The van der Waals surface area contributed by atoms with E-state index >= 15 is 0 Å². The standard InChI is InChI=1S/C11H13BrN4O2S/c1-7-4-9(2-3-10(7)12)19(17,18)15-6-8-5-14-16-11(8)13/h2-5,15H,6H2,1H3,(H3,13,14,16). The van der Waals surface area contributed by atoms with Crippen LogP contribution in [0.1, 0.15) is 11.1 Å². The number of aromatic nitrogens is 2. The second-order valence-electron chi connectivity index (χ2n) is 4.04. The number of aromatic amines is 1. The molecule has 0 radical (unpaired) electrons. The minimum atomic E-state index is -3.56. The highest BCUT2D eigenvalue weighted by Gasteiger charge is 2.15. The molecule has 0 aliphatic carbocycles.